The van der Waals surface area contributed by atoms with E-state index >= 15 is 0 Å². The fourth-order valence-electron chi connectivity index (χ4n) is 2.71. The predicted octanol–water partition coefficient (Wildman–Crippen LogP) is 2.78. The predicted molar refractivity (Wildman–Crippen MR) is 110 cm³/mol. The lowest BCUT2D eigenvalue weighted by Crippen LogP contribution is -2.35. The molecule has 7 nitrogen and oxygen atoms in total. The Labute approximate surface area is 174 Å². The lowest BCUT2D eigenvalue weighted by molar-refractivity contribution is -0.123. The maximum Gasteiger partial charge on any atom is 0.271 e. The van der Waals surface area contributed by atoms with Crippen LogP contribution in [0, 0.1) is 0 Å². The highest BCUT2D eigenvalue weighted by atomic mass is 35.5. The SMILES string of the molecule is O=C(COc1ccc(/C=N/NC(=O)c2ccc(Cl)cc2)cc1)NC[C@@H]1CCCO1. The fraction of sp³-hybridized carbons (Fsp3) is 0.286. The zero-order chi connectivity index (χ0) is 20.5. The molecule has 29 heavy (non-hydrogen) atoms. The van der Waals surface area contributed by atoms with Gasteiger partial charge >= 0.3 is 0 Å². The van der Waals surface area contributed by atoms with Gasteiger partial charge in [0.05, 0.1) is 12.3 Å². The normalized spacial score (nSPS) is 16.0. The van der Waals surface area contributed by atoms with Gasteiger partial charge in [-0.05, 0) is 66.9 Å². The highest BCUT2D eigenvalue weighted by Crippen LogP contribution is 2.12. The Morgan fingerprint density at radius 3 is 2.62 bits per heavy atom. The molecule has 2 aromatic rings. The van der Waals surface area contributed by atoms with E-state index in [-0.39, 0.29) is 24.5 Å². The van der Waals surface area contributed by atoms with Gasteiger partial charge in [0.25, 0.3) is 11.8 Å². The van der Waals surface area contributed by atoms with Gasteiger partial charge in [0, 0.05) is 23.7 Å². The largest absolute Gasteiger partial charge is 0.484 e. The third-order valence-electron chi connectivity index (χ3n) is 4.29. The van der Waals surface area contributed by atoms with Crippen molar-refractivity contribution in [2.45, 2.75) is 18.9 Å². The van der Waals surface area contributed by atoms with Crippen molar-refractivity contribution in [1.29, 1.82) is 0 Å². The Balaban J connectivity index is 1.39. The molecule has 1 saturated heterocycles. The summed E-state index contributed by atoms with van der Waals surface area (Å²) in [4.78, 5) is 23.8. The number of hydrogen-bond acceptors (Lipinski definition) is 5. The van der Waals surface area contributed by atoms with Gasteiger partial charge in [0.1, 0.15) is 5.75 Å². The summed E-state index contributed by atoms with van der Waals surface area (Å²) >= 11 is 5.80. The Hall–Kier alpha value is -2.90. The molecule has 1 aliphatic heterocycles. The fourth-order valence-corrected chi connectivity index (χ4v) is 2.84. The Kier molecular flexibility index (Phi) is 7.61. The lowest BCUT2D eigenvalue weighted by atomic mass is 10.2. The molecule has 0 aliphatic carbocycles. The number of benzene rings is 2. The standard InChI is InChI=1S/C21H22ClN3O4/c22-17-7-5-16(6-8-17)21(27)25-24-12-15-3-9-18(10-4-15)29-14-20(26)23-13-19-2-1-11-28-19/h3-10,12,19H,1-2,11,13-14H2,(H,23,26)(H,25,27)/b24-12+/t19-/m0/s1. The van der Waals surface area contributed by atoms with Crippen molar-refractivity contribution in [3.63, 3.8) is 0 Å². The van der Waals surface area contributed by atoms with Crippen molar-refractivity contribution in [3.8, 4) is 5.75 Å². The minimum atomic E-state index is -0.327. The van der Waals surface area contributed by atoms with E-state index in [1.165, 1.54) is 6.21 Å². The van der Waals surface area contributed by atoms with Crippen molar-refractivity contribution < 1.29 is 19.1 Å². The Bertz CT molecular complexity index is 847. The van der Waals surface area contributed by atoms with E-state index in [2.05, 4.69) is 15.8 Å². The van der Waals surface area contributed by atoms with Crippen molar-refractivity contribution in [3.05, 3.63) is 64.7 Å². The van der Waals surface area contributed by atoms with Crippen LogP contribution >= 0.6 is 11.6 Å². The van der Waals surface area contributed by atoms with Gasteiger partial charge in [-0.3, -0.25) is 9.59 Å². The highest BCUT2D eigenvalue weighted by Gasteiger charge is 2.16. The van der Waals surface area contributed by atoms with E-state index in [4.69, 9.17) is 21.1 Å². The number of carbonyl (C=O) groups is 2. The van der Waals surface area contributed by atoms with E-state index in [9.17, 15) is 9.59 Å². The molecule has 1 fully saturated rings. The van der Waals surface area contributed by atoms with Crippen LogP contribution in [-0.4, -0.2) is 43.9 Å². The first-order valence-corrected chi connectivity index (χ1v) is 9.68. The van der Waals surface area contributed by atoms with Crippen molar-refractivity contribution >= 4 is 29.6 Å². The average Bonchev–Trinajstić information content (AvgIpc) is 3.26. The quantitative estimate of drug-likeness (QED) is 0.512. The van der Waals surface area contributed by atoms with E-state index < -0.39 is 0 Å². The monoisotopic (exact) mass is 415 g/mol. The summed E-state index contributed by atoms with van der Waals surface area (Å²) in [6.07, 6.45) is 3.64. The summed E-state index contributed by atoms with van der Waals surface area (Å²) in [5.74, 6) is 0.0579. The van der Waals surface area contributed by atoms with Crippen LogP contribution < -0.4 is 15.5 Å². The van der Waals surface area contributed by atoms with E-state index in [0.29, 0.717) is 22.9 Å². The molecule has 8 heteroatoms. The lowest BCUT2D eigenvalue weighted by Gasteiger charge is -2.11. The molecule has 2 aromatic carbocycles. The van der Waals surface area contributed by atoms with Gasteiger partial charge in [0.15, 0.2) is 6.61 Å². The molecule has 0 unspecified atom stereocenters. The molecular formula is C21H22ClN3O4. The number of rotatable bonds is 8. The first kappa shape index (κ1) is 20.8. The smallest absolute Gasteiger partial charge is 0.271 e. The number of nitrogens with zero attached hydrogens (tertiary/aromatic N) is 1. The number of hydrogen-bond donors (Lipinski definition) is 2. The number of ether oxygens (including phenoxy) is 2. The Morgan fingerprint density at radius 1 is 1.17 bits per heavy atom. The molecule has 1 atom stereocenters. The average molecular weight is 416 g/mol. The van der Waals surface area contributed by atoms with E-state index in [1.54, 1.807) is 48.5 Å². The molecule has 3 rings (SSSR count). The third kappa shape index (κ3) is 6.89. The first-order chi connectivity index (χ1) is 14.1. The summed E-state index contributed by atoms with van der Waals surface area (Å²) in [5.41, 5.74) is 3.69. The van der Waals surface area contributed by atoms with Crippen LogP contribution in [0.15, 0.2) is 53.6 Å². The van der Waals surface area contributed by atoms with Gasteiger partial charge in [0.2, 0.25) is 0 Å². The van der Waals surface area contributed by atoms with E-state index in [1.807, 2.05) is 0 Å². The van der Waals surface area contributed by atoms with Gasteiger partial charge in [-0.15, -0.1) is 0 Å². The van der Waals surface area contributed by atoms with Crippen LogP contribution in [0.5, 0.6) is 5.75 Å². The number of amides is 2. The summed E-state index contributed by atoms with van der Waals surface area (Å²) < 4.78 is 10.9. The van der Waals surface area contributed by atoms with Crippen LogP contribution in [0.4, 0.5) is 0 Å². The summed E-state index contributed by atoms with van der Waals surface area (Å²) in [5, 5.41) is 7.30. The van der Waals surface area contributed by atoms with Crippen molar-refractivity contribution in [1.82, 2.24) is 10.7 Å². The van der Waals surface area contributed by atoms with E-state index in [0.717, 1.165) is 25.0 Å². The third-order valence-corrected chi connectivity index (χ3v) is 4.54. The second kappa shape index (κ2) is 10.6. The van der Waals surface area contributed by atoms with Crippen LogP contribution in [0.1, 0.15) is 28.8 Å². The molecule has 1 aliphatic rings. The topological polar surface area (TPSA) is 89.0 Å². The second-order valence-electron chi connectivity index (χ2n) is 6.50. The van der Waals surface area contributed by atoms with Gasteiger partial charge in [-0.25, -0.2) is 5.43 Å². The molecule has 0 spiro atoms. The molecule has 0 saturated carbocycles. The maximum atomic E-state index is 12.0. The summed E-state index contributed by atoms with van der Waals surface area (Å²) in [7, 11) is 0. The number of nitrogens with one attached hydrogen (secondary N) is 2. The molecule has 0 aromatic heterocycles. The highest BCUT2D eigenvalue weighted by molar-refractivity contribution is 6.30. The minimum absolute atomic E-state index is 0.0582. The van der Waals surface area contributed by atoms with Gasteiger partial charge in [-0.2, -0.15) is 5.10 Å². The minimum Gasteiger partial charge on any atom is -0.484 e. The molecule has 152 valence electrons. The number of hydrazone groups is 1. The molecule has 2 amide bonds. The van der Waals surface area contributed by atoms with Crippen LogP contribution in [0.2, 0.25) is 5.02 Å². The molecule has 1 heterocycles. The second-order valence-corrected chi connectivity index (χ2v) is 6.94. The van der Waals surface area contributed by atoms with Crippen LogP contribution in [-0.2, 0) is 9.53 Å². The molecular weight excluding hydrogens is 394 g/mol. The first-order valence-electron chi connectivity index (χ1n) is 9.30. The summed E-state index contributed by atoms with van der Waals surface area (Å²) in [6.45, 7) is 1.22. The van der Waals surface area contributed by atoms with Crippen molar-refractivity contribution in [2.75, 3.05) is 19.8 Å². The Morgan fingerprint density at radius 2 is 1.93 bits per heavy atom. The van der Waals surface area contributed by atoms with Crippen LogP contribution in [0.25, 0.3) is 0 Å². The zero-order valence-corrected chi connectivity index (χ0v) is 16.5. The van der Waals surface area contributed by atoms with Crippen LogP contribution in [0.3, 0.4) is 0 Å². The number of halogens is 1. The summed E-state index contributed by atoms with van der Waals surface area (Å²) in [6, 6.07) is 13.5. The molecule has 2 N–H and O–H groups in total. The van der Waals surface area contributed by atoms with Gasteiger partial charge in [-0.1, -0.05) is 11.6 Å². The van der Waals surface area contributed by atoms with Crippen molar-refractivity contribution in [2.24, 2.45) is 5.10 Å². The maximum absolute atomic E-state index is 12.0. The number of carbonyl (C=O) groups excluding carboxylic acids is 2. The zero-order valence-electron chi connectivity index (χ0n) is 15.8. The molecule has 0 radical (unpaired) electrons. The molecule has 0 bridgehead atoms. The van der Waals surface area contributed by atoms with Gasteiger partial charge < -0.3 is 14.8 Å².